The van der Waals surface area contributed by atoms with Crippen LogP contribution in [0.4, 0.5) is 11.4 Å². The minimum atomic E-state index is -0.113. The first kappa shape index (κ1) is 27.8. The quantitative estimate of drug-likeness (QED) is 0.240. The third-order valence-electron chi connectivity index (χ3n) is 8.60. The van der Waals surface area contributed by atoms with Crippen molar-refractivity contribution in [2.75, 3.05) is 22.9 Å². The lowest BCUT2D eigenvalue weighted by molar-refractivity contribution is 0.357. The average molecular weight is 584 g/mol. The normalized spacial score (nSPS) is 22.7. The number of aromatic nitrogens is 2. The summed E-state index contributed by atoms with van der Waals surface area (Å²) in [5.41, 5.74) is 9.03. The predicted octanol–water partition coefficient (Wildman–Crippen LogP) is 8.11. The molecule has 5 nitrogen and oxygen atoms in total. The van der Waals surface area contributed by atoms with E-state index in [4.69, 9.17) is 28.8 Å². The van der Waals surface area contributed by atoms with E-state index in [-0.39, 0.29) is 12.1 Å². The summed E-state index contributed by atoms with van der Waals surface area (Å²) >= 11 is 13.1. The lowest BCUT2D eigenvalue weighted by Gasteiger charge is -2.37. The topological polar surface area (TPSA) is 36.3 Å². The van der Waals surface area contributed by atoms with Crippen LogP contribution in [0.1, 0.15) is 60.6 Å². The lowest BCUT2D eigenvalue weighted by atomic mass is 9.91. The Balaban J connectivity index is 1.44. The highest BCUT2D eigenvalue weighted by Gasteiger charge is 2.42. The molecule has 4 aromatic rings. The van der Waals surface area contributed by atoms with E-state index in [9.17, 15) is 0 Å². The standard InChI is InChI=1S/C34H38ClN5S/c1-21-9-11-26(12-10-21)39-24(4)17-28(25(39)5)33-32(30-8-6-7-15-36-30)37-34(41)40(33)27-13-14-31(29(35)18-27)38-19-22(2)16-23(3)20-38/h6-15,17-18,22-23,32-33H,16,19-20H2,1-5H3,(H,37,41)/t22-,23+,32-,33-/m1/s1. The molecule has 2 aliphatic rings. The van der Waals surface area contributed by atoms with E-state index in [1.807, 2.05) is 18.3 Å². The van der Waals surface area contributed by atoms with Crippen LogP contribution in [0.25, 0.3) is 5.69 Å². The number of hydrogen-bond donors (Lipinski definition) is 1. The number of benzene rings is 2. The van der Waals surface area contributed by atoms with Crippen molar-refractivity contribution in [2.24, 2.45) is 11.8 Å². The first-order valence-corrected chi connectivity index (χ1v) is 15.3. The van der Waals surface area contributed by atoms with Gasteiger partial charge in [-0.15, -0.1) is 0 Å². The van der Waals surface area contributed by atoms with Crippen molar-refractivity contribution in [1.29, 1.82) is 0 Å². The largest absolute Gasteiger partial charge is 0.370 e. The van der Waals surface area contributed by atoms with Crippen molar-refractivity contribution in [3.05, 3.63) is 106 Å². The number of pyridine rings is 1. The monoisotopic (exact) mass is 583 g/mol. The molecule has 2 aromatic carbocycles. The zero-order valence-corrected chi connectivity index (χ0v) is 26.0. The number of piperidine rings is 1. The number of aryl methyl sites for hydroxylation is 2. The highest BCUT2D eigenvalue weighted by Crippen LogP contribution is 2.45. The molecule has 6 rings (SSSR count). The van der Waals surface area contributed by atoms with Crippen LogP contribution >= 0.6 is 23.8 Å². The molecule has 41 heavy (non-hydrogen) atoms. The zero-order chi connectivity index (χ0) is 28.8. The lowest BCUT2D eigenvalue weighted by Crippen LogP contribution is -2.38. The summed E-state index contributed by atoms with van der Waals surface area (Å²) in [6.45, 7) is 13.2. The van der Waals surface area contributed by atoms with E-state index >= 15 is 0 Å². The van der Waals surface area contributed by atoms with E-state index in [1.54, 1.807) is 0 Å². The van der Waals surface area contributed by atoms with Gasteiger partial charge in [-0.2, -0.15) is 0 Å². The van der Waals surface area contributed by atoms with Crippen molar-refractivity contribution >= 4 is 40.3 Å². The van der Waals surface area contributed by atoms with Gasteiger partial charge in [-0.3, -0.25) is 4.98 Å². The van der Waals surface area contributed by atoms with Gasteiger partial charge in [-0.25, -0.2) is 0 Å². The molecule has 2 aromatic heterocycles. The van der Waals surface area contributed by atoms with E-state index in [0.29, 0.717) is 16.9 Å². The molecule has 0 saturated carbocycles. The molecule has 212 valence electrons. The average Bonchev–Trinajstić information content (AvgIpc) is 3.44. The number of hydrogen-bond acceptors (Lipinski definition) is 3. The maximum absolute atomic E-state index is 7.04. The van der Waals surface area contributed by atoms with Gasteiger partial charge in [0.25, 0.3) is 0 Å². The van der Waals surface area contributed by atoms with E-state index in [2.05, 4.69) is 109 Å². The molecule has 0 unspecified atom stereocenters. The predicted molar refractivity (Wildman–Crippen MR) is 175 cm³/mol. The van der Waals surface area contributed by atoms with Crippen LogP contribution < -0.4 is 15.1 Å². The summed E-state index contributed by atoms with van der Waals surface area (Å²) in [5, 5.41) is 5.05. The molecule has 2 saturated heterocycles. The van der Waals surface area contributed by atoms with Crippen LogP contribution in [0.15, 0.2) is 72.9 Å². The van der Waals surface area contributed by atoms with Crippen LogP contribution in [-0.2, 0) is 0 Å². The number of nitrogens with zero attached hydrogens (tertiary/aromatic N) is 4. The molecular weight excluding hydrogens is 546 g/mol. The molecule has 0 radical (unpaired) electrons. The van der Waals surface area contributed by atoms with Gasteiger partial charge in [0.1, 0.15) is 0 Å². The number of thiocarbonyl (C=S) groups is 1. The van der Waals surface area contributed by atoms with Gasteiger partial charge in [-0.1, -0.05) is 49.2 Å². The fourth-order valence-electron chi connectivity index (χ4n) is 6.89. The highest BCUT2D eigenvalue weighted by atomic mass is 35.5. The van der Waals surface area contributed by atoms with Crippen molar-refractivity contribution < 1.29 is 0 Å². The van der Waals surface area contributed by atoms with E-state index < -0.39 is 0 Å². The van der Waals surface area contributed by atoms with Gasteiger partial charge in [0, 0.05) is 42.0 Å². The second-order valence-corrected chi connectivity index (χ2v) is 12.8. The summed E-state index contributed by atoms with van der Waals surface area (Å²) in [6.07, 6.45) is 3.11. The van der Waals surface area contributed by atoms with Crippen LogP contribution in [0.2, 0.25) is 5.02 Å². The zero-order valence-electron chi connectivity index (χ0n) is 24.4. The van der Waals surface area contributed by atoms with Crippen LogP contribution in [0.5, 0.6) is 0 Å². The molecule has 0 aliphatic carbocycles. The number of anilines is 2. The summed E-state index contributed by atoms with van der Waals surface area (Å²) < 4.78 is 2.33. The smallest absolute Gasteiger partial charge is 0.174 e. The number of nitrogens with one attached hydrogen (secondary N) is 1. The Kier molecular flexibility index (Phi) is 7.56. The number of rotatable bonds is 5. The van der Waals surface area contributed by atoms with Crippen LogP contribution in [-0.4, -0.2) is 27.8 Å². The van der Waals surface area contributed by atoms with Crippen molar-refractivity contribution in [3.63, 3.8) is 0 Å². The van der Waals surface area contributed by atoms with Crippen molar-refractivity contribution in [2.45, 2.75) is 53.1 Å². The Labute approximate surface area is 254 Å². The van der Waals surface area contributed by atoms with Gasteiger partial charge < -0.3 is 19.7 Å². The molecule has 2 fully saturated rings. The second-order valence-electron chi connectivity index (χ2n) is 12.0. The molecule has 1 N–H and O–H groups in total. The molecule has 4 atom stereocenters. The van der Waals surface area contributed by atoms with Gasteiger partial charge in [0.15, 0.2) is 5.11 Å². The highest BCUT2D eigenvalue weighted by molar-refractivity contribution is 7.80. The minimum absolute atomic E-state index is 0.0975. The maximum atomic E-state index is 7.04. The van der Waals surface area contributed by atoms with E-state index in [0.717, 1.165) is 40.9 Å². The summed E-state index contributed by atoms with van der Waals surface area (Å²) in [5.74, 6) is 1.30. The molecule has 4 heterocycles. The Bertz CT molecular complexity index is 1550. The Morgan fingerprint density at radius 3 is 2.27 bits per heavy atom. The number of halogens is 1. The molecule has 7 heteroatoms. The summed E-state index contributed by atoms with van der Waals surface area (Å²) in [7, 11) is 0. The Morgan fingerprint density at radius 2 is 1.61 bits per heavy atom. The summed E-state index contributed by atoms with van der Waals surface area (Å²) in [6, 6.07) is 23.3. The van der Waals surface area contributed by atoms with Crippen molar-refractivity contribution in [3.8, 4) is 5.69 Å². The van der Waals surface area contributed by atoms with Gasteiger partial charge in [0.05, 0.1) is 28.5 Å². The Morgan fingerprint density at radius 1 is 0.902 bits per heavy atom. The Hall–Kier alpha value is -3.35. The first-order valence-electron chi connectivity index (χ1n) is 14.5. The van der Waals surface area contributed by atoms with Gasteiger partial charge >= 0.3 is 0 Å². The SMILES string of the molecule is Cc1ccc(-n2c(C)cc([C@@H]3[C@@H](c4ccccn4)NC(=S)N3c3ccc(N4C[C@H](C)C[C@H](C)C4)c(Cl)c3)c2C)cc1. The van der Waals surface area contributed by atoms with Crippen molar-refractivity contribution in [1.82, 2.24) is 14.9 Å². The van der Waals surface area contributed by atoms with E-state index in [1.165, 1.54) is 28.9 Å². The fraction of sp³-hybridized carbons (Fsp3) is 0.353. The van der Waals surface area contributed by atoms with Gasteiger partial charge in [-0.05, 0) is 105 Å². The van der Waals surface area contributed by atoms with Crippen LogP contribution in [0.3, 0.4) is 0 Å². The molecule has 2 aliphatic heterocycles. The summed E-state index contributed by atoms with van der Waals surface area (Å²) in [4.78, 5) is 9.41. The molecule has 0 bridgehead atoms. The minimum Gasteiger partial charge on any atom is -0.370 e. The fourth-order valence-corrected chi connectivity index (χ4v) is 7.53. The first-order chi connectivity index (χ1) is 19.7. The van der Waals surface area contributed by atoms with Crippen LogP contribution in [0, 0.1) is 32.6 Å². The molecule has 0 amide bonds. The third-order valence-corrected chi connectivity index (χ3v) is 9.22. The second kappa shape index (κ2) is 11.1. The maximum Gasteiger partial charge on any atom is 0.174 e. The molecule has 0 spiro atoms. The third kappa shape index (κ3) is 5.24. The van der Waals surface area contributed by atoms with Gasteiger partial charge in [0.2, 0.25) is 0 Å². The molecular formula is C34H38ClN5S.